The highest BCUT2D eigenvalue weighted by Gasteiger charge is 2.30. The van der Waals surface area contributed by atoms with Crippen LogP contribution in [-0.2, 0) is 28.3 Å². The molecular formula is C29H32ClFN2O2S. The number of carbonyl (C=O) groups is 2. The Bertz CT molecular complexity index is 1110. The van der Waals surface area contributed by atoms with E-state index in [0.29, 0.717) is 23.7 Å². The number of nitrogens with zero attached hydrogens (tertiary/aromatic N) is 1. The zero-order chi connectivity index (χ0) is 25.9. The second-order valence-electron chi connectivity index (χ2n) is 9.11. The molecule has 1 atom stereocenters. The van der Waals surface area contributed by atoms with Crippen molar-refractivity contribution in [2.45, 2.75) is 38.6 Å². The standard InChI is InChI=1S/C29H32ClFN2O2S/c1-21(2)17-32-29(35)27(16-22-6-4-3-5-7-22)33(18-23-10-14-26(31)15-11-23)28(34)20-36-19-24-8-12-25(30)13-9-24/h3-15,21,27H,16-20H2,1-2H3,(H,32,35)/t27-/m0/s1. The zero-order valence-corrected chi connectivity index (χ0v) is 22.2. The molecule has 36 heavy (non-hydrogen) atoms. The van der Waals surface area contributed by atoms with E-state index in [4.69, 9.17) is 11.6 Å². The zero-order valence-electron chi connectivity index (χ0n) is 20.6. The van der Waals surface area contributed by atoms with E-state index in [2.05, 4.69) is 5.32 Å². The van der Waals surface area contributed by atoms with Gasteiger partial charge in [0.2, 0.25) is 11.8 Å². The van der Waals surface area contributed by atoms with Crippen LogP contribution in [0.15, 0.2) is 78.9 Å². The van der Waals surface area contributed by atoms with Crippen molar-refractivity contribution in [3.8, 4) is 0 Å². The topological polar surface area (TPSA) is 49.4 Å². The average molecular weight is 527 g/mol. The lowest BCUT2D eigenvalue weighted by Crippen LogP contribution is -2.51. The Labute approximate surface area is 222 Å². The van der Waals surface area contributed by atoms with E-state index >= 15 is 0 Å². The van der Waals surface area contributed by atoms with Crippen molar-refractivity contribution in [3.05, 3.63) is 106 Å². The summed E-state index contributed by atoms with van der Waals surface area (Å²) in [4.78, 5) is 28.6. The quantitative estimate of drug-likeness (QED) is 0.309. The van der Waals surface area contributed by atoms with Gasteiger partial charge in [0.1, 0.15) is 11.9 Å². The third kappa shape index (κ3) is 8.99. The highest BCUT2D eigenvalue weighted by Crippen LogP contribution is 2.20. The number of carbonyl (C=O) groups excluding carboxylic acids is 2. The minimum absolute atomic E-state index is 0.140. The molecule has 3 rings (SSSR count). The molecule has 0 aliphatic carbocycles. The lowest BCUT2D eigenvalue weighted by molar-refractivity contribution is -0.139. The average Bonchev–Trinajstić information content (AvgIpc) is 2.87. The molecular weight excluding hydrogens is 495 g/mol. The van der Waals surface area contributed by atoms with Gasteiger partial charge in [0, 0.05) is 30.3 Å². The van der Waals surface area contributed by atoms with Crippen LogP contribution >= 0.6 is 23.4 Å². The summed E-state index contributed by atoms with van der Waals surface area (Å²) in [5.41, 5.74) is 2.80. The normalized spacial score (nSPS) is 11.8. The molecule has 7 heteroatoms. The van der Waals surface area contributed by atoms with E-state index in [-0.39, 0.29) is 35.8 Å². The first-order chi connectivity index (χ1) is 17.3. The summed E-state index contributed by atoms with van der Waals surface area (Å²) in [6.07, 6.45) is 0.388. The van der Waals surface area contributed by atoms with Crippen LogP contribution in [0.3, 0.4) is 0 Å². The molecule has 0 aliphatic rings. The molecule has 0 radical (unpaired) electrons. The van der Waals surface area contributed by atoms with E-state index in [1.54, 1.807) is 17.0 Å². The second-order valence-corrected chi connectivity index (χ2v) is 10.5. The van der Waals surface area contributed by atoms with Crippen molar-refractivity contribution < 1.29 is 14.0 Å². The molecule has 0 aliphatic heterocycles. The molecule has 0 unspecified atom stereocenters. The highest BCUT2D eigenvalue weighted by atomic mass is 35.5. The molecule has 3 aromatic carbocycles. The molecule has 0 spiro atoms. The lowest BCUT2D eigenvalue weighted by Gasteiger charge is -2.32. The van der Waals surface area contributed by atoms with Crippen molar-refractivity contribution in [3.63, 3.8) is 0 Å². The van der Waals surface area contributed by atoms with Gasteiger partial charge in [-0.25, -0.2) is 4.39 Å². The predicted octanol–water partition coefficient (Wildman–Crippen LogP) is 6.12. The van der Waals surface area contributed by atoms with Crippen molar-refractivity contribution in [2.75, 3.05) is 12.3 Å². The van der Waals surface area contributed by atoms with Crippen LogP contribution in [0.2, 0.25) is 5.02 Å². The molecule has 0 saturated carbocycles. The first-order valence-corrected chi connectivity index (χ1v) is 13.5. The molecule has 2 amide bonds. The van der Waals surface area contributed by atoms with Crippen molar-refractivity contribution in [1.29, 1.82) is 0 Å². The molecule has 0 saturated heterocycles. The van der Waals surface area contributed by atoms with Gasteiger partial charge in [0.15, 0.2) is 0 Å². The molecule has 0 aromatic heterocycles. The summed E-state index contributed by atoms with van der Waals surface area (Å²) in [5, 5.41) is 3.68. The number of thioether (sulfide) groups is 1. The molecule has 3 aromatic rings. The maximum Gasteiger partial charge on any atom is 0.243 e. The lowest BCUT2D eigenvalue weighted by atomic mass is 10.0. The number of benzene rings is 3. The van der Waals surface area contributed by atoms with Gasteiger partial charge >= 0.3 is 0 Å². The van der Waals surface area contributed by atoms with Crippen LogP contribution in [0.1, 0.15) is 30.5 Å². The van der Waals surface area contributed by atoms with Gasteiger partial charge in [-0.05, 0) is 46.9 Å². The first-order valence-electron chi connectivity index (χ1n) is 12.0. The van der Waals surface area contributed by atoms with E-state index in [1.807, 2.05) is 68.4 Å². The minimum atomic E-state index is -0.695. The van der Waals surface area contributed by atoms with Crippen LogP contribution in [-0.4, -0.2) is 35.1 Å². The van der Waals surface area contributed by atoms with Crippen molar-refractivity contribution in [1.82, 2.24) is 10.2 Å². The molecule has 0 heterocycles. The van der Waals surface area contributed by atoms with E-state index in [0.717, 1.165) is 16.7 Å². The number of rotatable bonds is 12. The van der Waals surface area contributed by atoms with Gasteiger partial charge in [-0.2, -0.15) is 0 Å². The fourth-order valence-corrected chi connectivity index (χ4v) is 4.68. The number of amides is 2. The third-order valence-electron chi connectivity index (χ3n) is 5.63. The monoisotopic (exact) mass is 526 g/mol. The largest absolute Gasteiger partial charge is 0.354 e. The summed E-state index contributed by atoms with van der Waals surface area (Å²) >= 11 is 7.46. The van der Waals surface area contributed by atoms with Gasteiger partial charge in [-0.15, -0.1) is 11.8 Å². The van der Waals surface area contributed by atoms with Gasteiger partial charge in [0.05, 0.1) is 5.75 Å². The fraction of sp³-hybridized carbons (Fsp3) is 0.310. The minimum Gasteiger partial charge on any atom is -0.354 e. The SMILES string of the molecule is CC(C)CNC(=O)[C@H](Cc1ccccc1)N(Cc1ccc(F)cc1)C(=O)CSCc1ccc(Cl)cc1. The van der Waals surface area contributed by atoms with E-state index in [9.17, 15) is 14.0 Å². The second kappa shape index (κ2) is 14.0. The summed E-state index contributed by atoms with van der Waals surface area (Å²) < 4.78 is 13.5. The third-order valence-corrected chi connectivity index (χ3v) is 6.87. The Hall–Kier alpha value is -2.83. The Morgan fingerprint density at radius 2 is 1.56 bits per heavy atom. The smallest absolute Gasteiger partial charge is 0.243 e. The highest BCUT2D eigenvalue weighted by molar-refractivity contribution is 7.99. The van der Waals surface area contributed by atoms with E-state index in [1.165, 1.54) is 23.9 Å². The molecule has 0 fully saturated rings. The Morgan fingerprint density at radius 1 is 0.917 bits per heavy atom. The van der Waals surface area contributed by atoms with Crippen molar-refractivity contribution >= 4 is 35.2 Å². The fourth-order valence-electron chi connectivity index (χ4n) is 3.68. The van der Waals surface area contributed by atoms with Gasteiger partial charge in [0.25, 0.3) is 0 Å². The van der Waals surface area contributed by atoms with Crippen LogP contribution < -0.4 is 5.32 Å². The first kappa shape index (κ1) is 27.8. The summed E-state index contributed by atoms with van der Waals surface area (Å²) in [6.45, 7) is 4.80. The maximum atomic E-state index is 13.6. The molecule has 1 N–H and O–H groups in total. The van der Waals surface area contributed by atoms with Crippen LogP contribution in [0, 0.1) is 11.7 Å². The molecule has 190 valence electrons. The number of hydrogen-bond donors (Lipinski definition) is 1. The Kier molecular flexibility index (Phi) is 10.8. The van der Waals surface area contributed by atoms with Crippen LogP contribution in [0.4, 0.5) is 4.39 Å². The van der Waals surface area contributed by atoms with Gasteiger partial charge < -0.3 is 10.2 Å². The Balaban J connectivity index is 1.82. The predicted molar refractivity (Wildman–Crippen MR) is 146 cm³/mol. The summed E-state index contributed by atoms with van der Waals surface area (Å²) in [7, 11) is 0. The molecule has 4 nitrogen and oxygen atoms in total. The van der Waals surface area contributed by atoms with E-state index < -0.39 is 6.04 Å². The van der Waals surface area contributed by atoms with Gasteiger partial charge in [-0.3, -0.25) is 9.59 Å². The number of nitrogens with one attached hydrogen (secondary N) is 1. The Morgan fingerprint density at radius 3 is 2.19 bits per heavy atom. The molecule has 0 bridgehead atoms. The maximum absolute atomic E-state index is 13.6. The summed E-state index contributed by atoms with van der Waals surface area (Å²) in [6, 6.07) is 22.6. The van der Waals surface area contributed by atoms with Crippen LogP contribution in [0.25, 0.3) is 0 Å². The van der Waals surface area contributed by atoms with Gasteiger partial charge in [-0.1, -0.05) is 80.0 Å². The van der Waals surface area contributed by atoms with Crippen LogP contribution in [0.5, 0.6) is 0 Å². The van der Waals surface area contributed by atoms with Crippen molar-refractivity contribution in [2.24, 2.45) is 5.92 Å². The number of hydrogen-bond acceptors (Lipinski definition) is 3. The summed E-state index contributed by atoms with van der Waals surface area (Å²) in [5.74, 6) is 0.473. The number of halogens is 2.